The molecule has 0 unspecified atom stereocenters. The first-order valence-electron chi connectivity index (χ1n) is 8.37. The Balaban J connectivity index is 1.50. The van der Waals surface area contributed by atoms with Crippen LogP contribution in [0.1, 0.15) is 48.7 Å². The summed E-state index contributed by atoms with van der Waals surface area (Å²) < 4.78 is 5.84. The first-order chi connectivity index (χ1) is 11.1. The van der Waals surface area contributed by atoms with E-state index in [-0.39, 0.29) is 17.4 Å². The summed E-state index contributed by atoms with van der Waals surface area (Å²) in [5.41, 5.74) is 2.35. The number of hydrogen-bond acceptors (Lipinski definition) is 4. The van der Waals surface area contributed by atoms with E-state index in [9.17, 15) is 4.79 Å². The summed E-state index contributed by atoms with van der Waals surface area (Å²) in [7, 11) is 0. The average Bonchev–Trinajstić information content (AvgIpc) is 2.85. The Hall–Kier alpha value is -1.95. The van der Waals surface area contributed by atoms with Gasteiger partial charge in [-0.25, -0.2) is 4.98 Å². The van der Waals surface area contributed by atoms with Crippen LogP contribution in [0, 0.1) is 12.3 Å². The molecule has 2 heterocycles. The predicted octanol–water partition coefficient (Wildman–Crippen LogP) is 2.34. The van der Waals surface area contributed by atoms with Crippen molar-refractivity contribution < 1.29 is 9.53 Å². The minimum absolute atomic E-state index is 0.0498. The van der Waals surface area contributed by atoms with Crippen LogP contribution < -0.4 is 5.32 Å². The summed E-state index contributed by atoms with van der Waals surface area (Å²) in [5.74, 6) is -0.0498. The fourth-order valence-electron chi connectivity index (χ4n) is 4.03. The number of rotatable bonds is 4. The molecular formula is C17H22N4O2. The number of aromatic nitrogens is 3. The Morgan fingerprint density at radius 3 is 3.04 bits per heavy atom. The van der Waals surface area contributed by atoms with Gasteiger partial charge in [0.15, 0.2) is 5.65 Å². The SMILES string of the molecule is CCO[C@@H]1C[C@H](NC(=O)c2cnc3n[nH]c(C)c3c2)C12CCC2. The number of amides is 1. The highest BCUT2D eigenvalue weighted by molar-refractivity contribution is 5.97. The van der Waals surface area contributed by atoms with E-state index in [1.165, 1.54) is 6.42 Å². The van der Waals surface area contributed by atoms with Gasteiger partial charge in [-0.05, 0) is 39.2 Å². The van der Waals surface area contributed by atoms with Crippen LogP contribution in [-0.2, 0) is 4.74 Å². The fourth-order valence-corrected chi connectivity index (χ4v) is 4.03. The smallest absolute Gasteiger partial charge is 0.253 e. The second kappa shape index (κ2) is 5.30. The van der Waals surface area contributed by atoms with Crippen LogP contribution in [-0.4, -0.2) is 39.8 Å². The maximum absolute atomic E-state index is 12.6. The number of fused-ring (bicyclic) bond motifs is 1. The summed E-state index contributed by atoms with van der Waals surface area (Å²) in [5, 5.41) is 11.1. The molecule has 0 radical (unpaired) electrons. The molecule has 0 saturated heterocycles. The number of nitrogens with one attached hydrogen (secondary N) is 2. The molecule has 1 amide bonds. The van der Waals surface area contributed by atoms with Gasteiger partial charge < -0.3 is 10.1 Å². The normalized spacial score (nSPS) is 25.1. The molecule has 2 atom stereocenters. The lowest BCUT2D eigenvalue weighted by Crippen LogP contribution is -2.67. The lowest BCUT2D eigenvalue weighted by molar-refractivity contribution is -0.169. The monoisotopic (exact) mass is 314 g/mol. The molecule has 2 saturated carbocycles. The van der Waals surface area contributed by atoms with Gasteiger partial charge in [-0.15, -0.1) is 0 Å². The second-order valence-electron chi connectivity index (χ2n) is 6.74. The van der Waals surface area contributed by atoms with E-state index < -0.39 is 0 Å². The van der Waals surface area contributed by atoms with E-state index in [2.05, 4.69) is 20.5 Å². The highest BCUT2D eigenvalue weighted by Crippen LogP contribution is 2.57. The maximum atomic E-state index is 12.6. The Bertz CT molecular complexity index is 750. The number of carbonyl (C=O) groups excluding carboxylic acids is 1. The molecule has 122 valence electrons. The number of H-pyrrole nitrogens is 1. The number of ether oxygens (including phenoxy) is 1. The molecule has 23 heavy (non-hydrogen) atoms. The van der Waals surface area contributed by atoms with Gasteiger partial charge in [0, 0.05) is 35.3 Å². The van der Waals surface area contributed by atoms with Gasteiger partial charge in [-0.1, -0.05) is 6.42 Å². The minimum Gasteiger partial charge on any atom is -0.378 e. The molecule has 2 aliphatic rings. The second-order valence-corrected chi connectivity index (χ2v) is 6.74. The van der Waals surface area contributed by atoms with Crippen LogP contribution in [0.4, 0.5) is 0 Å². The van der Waals surface area contributed by atoms with Gasteiger partial charge >= 0.3 is 0 Å². The van der Waals surface area contributed by atoms with Crippen LogP contribution in [0.15, 0.2) is 12.3 Å². The Morgan fingerprint density at radius 2 is 2.35 bits per heavy atom. The largest absolute Gasteiger partial charge is 0.378 e. The van der Waals surface area contributed by atoms with Crippen LogP contribution in [0.2, 0.25) is 0 Å². The van der Waals surface area contributed by atoms with Crippen molar-refractivity contribution in [3.8, 4) is 0 Å². The Kier molecular flexibility index (Phi) is 3.37. The zero-order chi connectivity index (χ0) is 16.0. The van der Waals surface area contributed by atoms with E-state index in [1.807, 2.05) is 19.9 Å². The van der Waals surface area contributed by atoms with Crippen molar-refractivity contribution in [3.63, 3.8) is 0 Å². The topological polar surface area (TPSA) is 79.9 Å². The predicted molar refractivity (Wildman–Crippen MR) is 86.2 cm³/mol. The number of carbonyl (C=O) groups is 1. The third-order valence-electron chi connectivity index (χ3n) is 5.60. The van der Waals surface area contributed by atoms with E-state index in [0.717, 1.165) is 36.9 Å². The number of pyridine rings is 1. The van der Waals surface area contributed by atoms with Crippen molar-refractivity contribution >= 4 is 16.9 Å². The van der Waals surface area contributed by atoms with Crippen molar-refractivity contribution in [3.05, 3.63) is 23.5 Å². The lowest BCUT2D eigenvalue weighted by Gasteiger charge is -2.61. The molecule has 6 nitrogen and oxygen atoms in total. The third-order valence-corrected chi connectivity index (χ3v) is 5.60. The molecule has 6 heteroatoms. The standard InChI is InChI=1S/C17H22N4O2/c1-3-23-14-8-13(17(14)5-4-6-17)19-16(22)11-7-12-10(2)20-21-15(12)18-9-11/h7,9,13-14H,3-6,8H2,1-2H3,(H,19,22)(H,18,20,21)/t13-,14+/m0/s1. The summed E-state index contributed by atoms with van der Waals surface area (Å²) >= 11 is 0. The van der Waals surface area contributed by atoms with Crippen molar-refractivity contribution in [2.45, 2.75) is 51.7 Å². The van der Waals surface area contributed by atoms with Crippen LogP contribution >= 0.6 is 0 Å². The summed E-state index contributed by atoms with van der Waals surface area (Å²) in [6.07, 6.45) is 6.37. The lowest BCUT2D eigenvalue weighted by atomic mass is 9.51. The van der Waals surface area contributed by atoms with E-state index >= 15 is 0 Å². The molecule has 2 N–H and O–H groups in total. The van der Waals surface area contributed by atoms with Gasteiger partial charge in [0.25, 0.3) is 5.91 Å². The number of hydrogen-bond donors (Lipinski definition) is 2. The molecule has 2 aliphatic carbocycles. The zero-order valence-electron chi connectivity index (χ0n) is 13.6. The van der Waals surface area contributed by atoms with Gasteiger partial charge in [-0.2, -0.15) is 5.10 Å². The molecule has 2 fully saturated rings. The quantitative estimate of drug-likeness (QED) is 0.908. The van der Waals surface area contributed by atoms with Crippen molar-refractivity contribution in [2.75, 3.05) is 6.61 Å². The molecule has 4 rings (SSSR count). The first kappa shape index (κ1) is 14.6. The minimum atomic E-state index is -0.0498. The number of aromatic amines is 1. The van der Waals surface area contributed by atoms with Gasteiger partial charge in [0.05, 0.1) is 11.7 Å². The summed E-state index contributed by atoms with van der Waals surface area (Å²) in [4.78, 5) is 16.9. The summed E-state index contributed by atoms with van der Waals surface area (Å²) in [6, 6.07) is 2.09. The van der Waals surface area contributed by atoms with E-state index in [0.29, 0.717) is 17.3 Å². The zero-order valence-corrected chi connectivity index (χ0v) is 13.6. The Labute approximate surface area is 135 Å². The van der Waals surface area contributed by atoms with Gasteiger partial charge in [0.1, 0.15) is 0 Å². The molecule has 0 bridgehead atoms. The number of nitrogens with zero attached hydrogens (tertiary/aromatic N) is 2. The third kappa shape index (κ3) is 2.16. The van der Waals surface area contributed by atoms with Crippen molar-refractivity contribution in [2.24, 2.45) is 5.41 Å². The molecule has 1 spiro atoms. The van der Waals surface area contributed by atoms with Gasteiger partial charge in [-0.3, -0.25) is 9.89 Å². The van der Waals surface area contributed by atoms with Crippen molar-refractivity contribution in [1.82, 2.24) is 20.5 Å². The van der Waals surface area contributed by atoms with Crippen molar-refractivity contribution in [1.29, 1.82) is 0 Å². The molecule has 0 aliphatic heterocycles. The number of aryl methyl sites for hydroxylation is 1. The van der Waals surface area contributed by atoms with E-state index in [4.69, 9.17) is 4.74 Å². The molecule has 2 aromatic rings. The summed E-state index contributed by atoms with van der Waals surface area (Å²) in [6.45, 7) is 4.71. The first-order valence-corrected chi connectivity index (χ1v) is 8.37. The van der Waals surface area contributed by atoms with Gasteiger partial charge in [0.2, 0.25) is 0 Å². The maximum Gasteiger partial charge on any atom is 0.253 e. The molecule has 0 aromatic carbocycles. The van der Waals surface area contributed by atoms with Crippen LogP contribution in [0.3, 0.4) is 0 Å². The Morgan fingerprint density at radius 1 is 1.52 bits per heavy atom. The average molecular weight is 314 g/mol. The highest BCUT2D eigenvalue weighted by atomic mass is 16.5. The highest BCUT2D eigenvalue weighted by Gasteiger charge is 2.59. The molecular weight excluding hydrogens is 292 g/mol. The van der Waals surface area contributed by atoms with Crippen LogP contribution in [0.5, 0.6) is 0 Å². The van der Waals surface area contributed by atoms with E-state index in [1.54, 1.807) is 6.20 Å². The van der Waals surface area contributed by atoms with Crippen LogP contribution in [0.25, 0.3) is 11.0 Å². The fraction of sp³-hybridized carbons (Fsp3) is 0.588. The molecule has 2 aromatic heterocycles.